The number of methoxy groups -OCH3 is 1. The molecule has 7 heteroatoms. The Hall–Kier alpha value is -2.67. The molecule has 2 N–H and O–H groups in total. The van der Waals surface area contributed by atoms with Crippen LogP contribution >= 0.6 is 0 Å². The summed E-state index contributed by atoms with van der Waals surface area (Å²) < 4.78 is 5.64. The van der Waals surface area contributed by atoms with Crippen LogP contribution in [0.2, 0.25) is 0 Å². The standard InChI is InChI=1S/C20H25N5O2/c1-27-18-10-15-4-2-3-14(15)9-16(18)13-24-5-7-25(8-6-24)19-12-22-11-17(23-19)20(21)26/h9-12H,2-8,13H2,1H3,(H2,21,26). The van der Waals surface area contributed by atoms with Crippen molar-refractivity contribution in [3.05, 3.63) is 46.9 Å². The Morgan fingerprint density at radius 3 is 2.59 bits per heavy atom. The molecule has 0 bridgehead atoms. The smallest absolute Gasteiger partial charge is 0.268 e. The van der Waals surface area contributed by atoms with Crippen molar-refractivity contribution in [3.8, 4) is 5.75 Å². The lowest BCUT2D eigenvalue weighted by molar-refractivity contribution is 0.0995. The second-order valence-electron chi connectivity index (χ2n) is 7.18. The van der Waals surface area contributed by atoms with Gasteiger partial charge in [-0.3, -0.25) is 14.7 Å². The van der Waals surface area contributed by atoms with E-state index in [1.165, 1.54) is 35.7 Å². The van der Waals surface area contributed by atoms with E-state index >= 15 is 0 Å². The summed E-state index contributed by atoms with van der Waals surface area (Å²) in [6.45, 7) is 4.40. The highest BCUT2D eigenvalue weighted by Gasteiger charge is 2.22. The van der Waals surface area contributed by atoms with Crippen LogP contribution in [-0.4, -0.2) is 54.1 Å². The zero-order chi connectivity index (χ0) is 18.8. The fraction of sp³-hybridized carbons (Fsp3) is 0.450. The molecule has 1 aliphatic heterocycles. The maximum atomic E-state index is 11.3. The number of aryl methyl sites for hydroxylation is 2. The zero-order valence-electron chi connectivity index (χ0n) is 15.6. The van der Waals surface area contributed by atoms with E-state index in [0.717, 1.165) is 44.9 Å². The van der Waals surface area contributed by atoms with Crippen molar-refractivity contribution < 1.29 is 9.53 Å². The minimum Gasteiger partial charge on any atom is -0.496 e. The van der Waals surface area contributed by atoms with Crippen LogP contribution in [0.3, 0.4) is 0 Å². The summed E-state index contributed by atoms with van der Waals surface area (Å²) in [5.74, 6) is 1.16. The number of carbonyl (C=O) groups excluding carboxylic acids is 1. The van der Waals surface area contributed by atoms with Crippen LogP contribution in [0.25, 0.3) is 0 Å². The Morgan fingerprint density at radius 2 is 1.89 bits per heavy atom. The molecule has 1 fully saturated rings. The van der Waals surface area contributed by atoms with Crippen molar-refractivity contribution in [1.29, 1.82) is 0 Å². The average Bonchev–Trinajstić information content (AvgIpc) is 3.15. The molecule has 0 spiro atoms. The minimum absolute atomic E-state index is 0.206. The van der Waals surface area contributed by atoms with Crippen LogP contribution in [0.15, 0.2) is 24.5 Å². The number of nitrogens with two attached hydrogens (primary N) is 1. The van der Waals surface area contributed by atoms with Gasteiger partial charge < -0.3 is 15.4 Å². The molecule has 4 rings (SSSR count). The monoisotopic (exact) mass is 367 g/mol. The summed E-state index contributed by atoms with van der Waals surface area (Å²) in [4.78, 5) is 24.3. The molecule has 142 valence electrons. The molecular weight excluding hydrogens is 342 g/mol. The van der Waals surface area contributed by atoms with Gasteiger partial charge >= 0.3 is 0 Å². The fourth-order valence-electron chi connectivity index (χ4n) is 3.97. The van der Waals surface area contributed by atoms with E-state index in [1.807, 2.05) is 0 Å². The maximum absolute atomic E-state index is 11.3. The van der Waals surface area contributed by atoms with Gasteiger partial charge in [-0.05, 0) is 36.5 Å². The van der Waals surface area contributed by atoms with Crippen molar-refractivity contribution >= 4 is 11.7 Å². The molecule has 2 aromatic rings. The summed E-state index contributed by atoms with van der Waals surface area (Å²) in [7, 11) is 1.75. The van der Waals surface area contributed by atoms with E-state index in [0.29, 0.717) is 5.82 Å². The Bertz CT molecular complexity index is 846. The van der Waals surface area contributed by atoms with Gasteiger partial charge in [0.25, 0.3) is 5.91 Å². The summed E-state index contributed by atoms with van der Waals surface area (Å²) in [6, 6.07) is 4.55. The lowest BCUT2D eigenvalue weighted by atomic mass is 10.0. The van der Waals surface area contributed by atoms with E-state index < -0.39 is 5.91 Å². The van der Waals surface area contributed by atoms with Gasteiger partial charge in [-0.1, -0.05) is 6.07 Å². The van der Waals surface area contributed by atoms with Crippen LogP contribution in [0, 0.1) is 0 Å². The Kier molecular flexibility index (Phi) is 4.94. The molecule has 2 aliphatic rings. The highest BCUT2D eigenvalue weighted by Crippen LogP contribution is 2.31. The third-order valence-corrected chi connectivity index (χ3v) is 5.46. The minimum atomic E-state index is -0.549. The van der Waals surface area contributed by atoms with Gasteiger partial charge in [0.15, 0.2) is 0 Å². The Labute approximate surface area is 159 Å². The number of nitrogens with zero attached hydrogens (tertiary/aromatic N) is 4. The van der Waals surface area contributed by atoms with Crippen molar-refractivity contribution in [3.63, 3.8) is 0 Å². The second-order valence-corrected chi connectivity index (χ2v) is 7.18. The molecule has 1 saturated heterocycles. The first-order valence-corrected chi connectivity index (χ1v) is 9.42. The Balaban J connectivity index is 1.42. The number of carbonyl (C=O) groups is 1. The molecule has 1 aromatic heterocycles. The summed E-state index contributed by atoms with van der Waals surface area (Å²) in [6.07, 6.45) is 6.67. The number of piperazine rings is 1. The molecule has 0 radical (unpaired) electrons. The molecular formula is C20H25N5O2. The van der Waals surface area contributed by atoms with E-state index in [2.05, 4.69) is 31.9 Å². The van der Waals surface area contributed by atoms with Gasteiger partial charge in [0.2, 0.25) is 0 Å². The lowest BCUT2D eigenvalue weighted by Gasteiger charge is -2.35. The zero-order valence-corrected chi connectivity index (χ0v) is 15.6. The van der Waals surface area contributed by atoms with Crippen LogP contribution in [0.5, 0.6) is 5.75 Å². The van der Waals surface area contributed by atoms with Crippen molar-refractivity contribution in [2.75, 3.05) is 38.2 Å². The van der Waals surface area contributed by atoms with E-state index in [4.69, 9.17) is 10.5 Å². The molecule has 0 atom stereocenters. The first kappa shape index (κ1) is 17.7. The summed E-state index contributed by atoms with van der Waals surface area (Å²) >= 11 is 0. The first-order chi connectivity index (χ1) is 13.1. The van der Waals surface area contributed by atoms with Gasteiger partial charge in [-0.15, -0.1) is 0 Å². The number of fused-ring (bicyclic) bond motifs is 1. The highest BCUT2D eigenvalue weighted by molar-refractivity contribution is 5.90. The second kappa shape index (κ2) is 7.52. The van der Waals surface area contributed by atoms with Crippen LogP contribution in [-0.2, 0) is 19.4 Å². The number of benzene rings is 1. The number of hydrogen-bond acceptors (Lipinski definition) is 6. The molecule has 1 aromatic carbocycles. The van der Waals surface area contributed by atoms with E-state index in [1.54, 1.807) is 13.3 Å². The van der Waals surface area contributed by atoms with Gasteiger partial charge in [0, 0.05) is 38.3 Å². The number of ether oxygens (including phenoxy) is 1. The predicted molar refractivity (Wildman–Crippen MR) is 103 cm³/mol. The maximum Gasteiger partial charge on any atom is 0.268 e. The third-order valence-electron chi connectivity index (χ3n) is 5.46. The van der Waals surface area contributed by atoms with Crippen LogP contribution in [0.4, 0.5) is 5.82 Å². The molecule has 0 unspecified atom stereocenters. The number of aromatic nitrogens is 2. The molecule has 7 nitrogen and oxygen atoms in total. The van der Waals surface area contributed by atoms with Gasteiger partial charge in [0.1, 0.15) is 17.3 Å². The Morgan fingerprint density at radius 1 is 1.15 bits per heavy atom. The number of rotatable bonds is 5. The molecule has 1 amide bonds. The number of hydrogen-bond donors (Lipinski definition) is 1. The topological polar surface area (TPSA) is 84.6 Å². The van der Waals surface area contributed by atoms with E-state index in [9.17, 15) is 4.79 Å². The number of anilines is 1. The van der Waals surface area contributed by atoms with Crippen molar-refractivity contribution in [1.82, 2.24) is 14.9 Å². The number of primary amides is 1. The molecule has 27 heavy (non-hydrogen) atoms. The normalized spacial score (nSPS) is 17.0. The van der Waals surface area contributed by atoms with Crippen molar-refractivity contribution in [2.24, 2.45) is 5.73 Å². The van der Waals surface area contributed by atoms with Gasteiger partial charge in [-0.2, -0.15) is 0 Å². The van der Waals surface area contributed by atoms with Gasteiger partial charge in [0.05, 0.1) is 19.5 Å². The van der Waals surface area contributed by atoms with Gasteiger partial charge in [-0.25, -0.2) is 4.98 Å². The lowest BCUT2D eigenvalue weighted by Crippen LogP contribution is -2.46. The highest BCUT2D eigenvalue weighted by atomic mass is 16.5. The molecule has 2 heterocycles. The van der Waals surface area contributed by atoms with Crippen LogP contribution in [0.1, 0.15) is 33.6 Å². The largest absolute Gasteiger partial charge is 0.496 e. The fourth-order valence-corrected chi connectivity index (χ4v) is 3.97. The quantitative estimate of drug-likeness (QED) is 0.860. The average molecular weight is 367 g/mol. The van der Waals surface area contributed by atoms with Crippen molar-refractivity contribution in [2.45, 2.75) is 25.8 Å². The first-order valence-electron chi connectivity index (χ1n) is 9.42. The molecule has 1 aliphatic carbocycles. The summed E-state index contributed by atoms with van der Waals surface area (Å²) in [5, 5.41) is 0. The predicted octanol–water partition coefficient (Wildman–Crippen LogP) is 1.39. The molecule has 0 saturated carbocycles. The SMILES string of the molecule is COc1cc2c(cc1CN1CCN(c3cncc(C(N)=O)n3)CC1)CCC2. The third kappa shape index (κ3) is 3.73. The number of amides is 1. The van der Waals surface area contributed by atoms with E-state index in [-0.39, 0.29) is 5.69 Å². The van der Waals surface area contributed by atoms with Crippen LogP contribution < -0.4 is 15.4 Å². The summed E-state index contributed by atoms with van der Waals surface area (Å²) in [5.41, 5.74) is 9.69.